The molecule has 3 aliphatic heterocycles. The molecule has 13 atom stereocenters. The third-order valence-electron chi connectivity index (χ3n) is 12.1. The minimum atomic E-state index is -1.95. The van der Waals surface area contributed by atoms with Crippen LogP contribution in [-0.4, -0.2) is 135 Å². The summed E-state index contributed by atoms with van der Waals surface area (Å²) in [4.78, 5) is 54.6. The molecule has 5 N–H and O–H groups in total. The van der Waals surface area contributed by atoms with Gasteiger partial charge in [-0.2, -0.15) is 0 Å². The number of esters is 1. The lowest BCUT2D eigenvalue weighted by atomic mass is 9.74. The van der Waals surface area contributed by atoms with E-state index in [9.17, 15) is 29.9 Å². The number of carbonyl (C=O) groups excluding carboxylic acids is 2. The number of hydrogen-bond acceptors (Lipinski definition) is 16. The third kappa shape index (κ3) is 11.2. The number of nitrogens with two attached hydrogens (primary N) is 1. The van der Waals surface area contributed by atoms with Gasteiger partial charge in [0.2, 0.25) is 0 Å². The first-order valence-electron chi connectivity index (χ1n) is 20.8. The van der Waals surface area contributed by atoms with Crippen LogP contribution in [0.25, 0.3) is 10.6 Å². The summed E-state index contributed by atoms with van der Waals surface area (Å²) in [6, 6.07) is 8.84. The van der Waals surface area contributed by atoms with E-state index in [1.807, 2.05) is 50.2 Å². The van der Waals surface area contributed by atoms with Crippen molar-refractivity contribution in [1.82, 2.24) is 9.88 Å². The highest BCUT2D eigenvalue weighted by molar-refractivity contribution is 7.15. The SMILES string of the molecule is CC[C@H]1OC(=O)[C@H](C)C(=O)[C@H](C)[C@@H](O[C@@H]2O[C@H](C)C[C@H](N(C)C)[C@H]2O)[C@@]2(C)C[C@@H](C)C(=N[N+](=O)O)[C@H](C)[C@@H](OCC(=NOCc3ccc(-c4cccc(N)n4)s3)CO2)[C@]1(C)O. The quantitative estimate of drug-likeness (QED) is 0.156. The molecule has 2 aromatic heterocycles. The minimum Gasteiger partial charge on any atom is -0.459 e. The van der Waals surface area contributed by atoms with Crippen molar-refractivity contribution in [3.05, 3.63) is 40.1 Å². The number of Topliss-reactive ketones (excluding diaryl/α,β-unsaturated/α-hetero) is 1. The number of likely N-dealkylation sites (N-methyl/N-ethyl adjacent to an activating group) is 1. The number of aliphatic hydroxyl groups excluding tert-OH is 1. The number of carbonyl (C=O) groups is 2. The average Bonchev–Trinajstić information content (AvgIpc) is 3.67. The molecule has 18 nitrogen and oxygen atoms in total. The van der Waals surface area contributed by atoms with Gasteiger partial charge in [0.1, 0.15) is 45.9 Å². The molecule has 61 heavy (non-hydrogen) atoms. The highest BCUT2D eigenvalue weighted by atomic mass is 32.1. The van der Waals surface area contributed by atoms with Crippen LogP contribution in [0.15, 0.2) is 40.6 Å². The van der Waals surface area contributed by atoms with E-state index in [1.54, 1.807) is 40.7 Å². The van der Waals surface area contributed by atoms with E-state index < -0.39 is 82.4 Å². The number of fused-ring (bicyclic) bond motifs is 5. The fourth-order valence-electron chi connectivity index (χ4n) is 8.87. The van der Waals surface area contributed by atoms with Gasteiger partial charge in [-0.1, -0.05) is 38.9 Å². The molecule has 3 saturated heterocycles. The number of hydrogen-bond donors (Lipinski definition) is 4. The molecule has 0 spiro atoms. The summed E-state index contributed by atoms with van der Waals surface area (Å²) in [5.41, 5.74) is 3.55. The molecule has 0 amide bonds. The van der Waals surface area contributed by atoms with E-state index >= 15 is 0 Å². The molecule has 338 valence electrons. The van der Waals surface area contributed by atoms with Crippen molar-refractivity contribution >= 4 is 40.3 Å². The van der Waals surface area contributed by atoms with Crippen molar-refractivity contribution in [2.45, 2.75) is 135 Å². The van der Waals surface area contributed by atoms with Crippen molar-refractivity contribution in [3.63, 3.8) is 0 Å². The van der Waals surface area contributed by atoms with Gasteiger partial charge < -0.3 is 49.4 Å². The smallest absolute Gasteiger partial charge is 0.387 e. The molecule has 0 aromatic carbocycles. The maximum Gasteiger partial charge on any atom is 0.387 e. The number of anilines is 1. The van der Waals surface area contributed by atoms with Crippen LogP contribution in [0.1, 0.15) is 79.5 Å². The largest absolute Gasteiger partial charge is 0.459 e. The van der Waals surface area contributed by atoms with Crippen LogP contribution in [0.4, 0.5) is 5.82 Å². The topological polar surface area (TPSA) is 237 Å². The number of pyridine rings is 1. The number of nitrogens with zero attached hydrogens (tertiary/aromatic N) is 5. The number of cyclic esters (lactones) is 1. The van der Waals surface area contributed by atoms with Gasteiger partial charge in [0.25, 0.3) is 0 Å². The lowest BCUT2D eigenvalue weighted by Crippen LogP contribution is -2.60. The van der Waals surface area contributed by atoms with Crippen LogP contribution in [0, 0.1) is 28.6 Å². The Labute approximate surface area is 360 Å². The summed E-state index contributed by atoms with van der Waals surface area (Å²) in [7, 11) is 3.69. The minimum absolute atomic E-state index is 0.0107. The zero-order valence-corrected chi connectivity index (χ0v) is 37.5. The second kappa shape index (κ2) is 20.0. The number of ketones is 1. The molecule has 5 heterocycles. The van der Waals surface area contributed by atoms with Gasteiger partial charge in [0, 0.05) is 28.7 Å². The highest BCUT2D eigenvalue weighted by Gasteiger charge is 2.53. The number of rotatable bonds is 9. The zero-order chi connectivity index (χ0) is 45.0. The van der Waals surface area contributed by atoms with Gasteiger partial charge in [0.05, 0.1) is 52.8 Å². The predicted molar refractivity (Wildman–Crippen MR) is 226 cm³/mol. The van der Waals surface area contributed by atoms with Crippen LogP contribution < -0.4 is 5.73 Å². The lowest BCUT2D eigenvalue weighted by molar-refractivity contribution is -0.796. The van der Waals surface area contributed by atoms with E-state index in [4.69, 9.17) is 34.3 Å². The molecule has 19 heteroatoms. The molecule has 5 rings (SSSR count). The molecular formula is C42H63N6O12S+. The maximum absolute atomic E-state index is 14.5. The van der Waals surface area contributed by atoms with Crippen molar-refractivity contribution in [2.75, 3.05) is 33.0 Å². The second-order valence-electron chi connectivity index (χ2n) is 17.3. The number of aliphatic hydroxyl groups is 2. The number of aromatic nitrogens is 1. The summed E-state index contributed by atoms with van der Waals surface area (Å²) >= 11 is 1.45. The molecule has 2 bridgehead atoms. The van der Waals surface area contributed by atoms with Crippen molar-refractivity contribution in [3.8, 4) is 10.6 Å². The van der Waals surface area contributed by atoms with Crippen LogP contribution >= 0.6 is 11.3 Å². The fraction of sp³-hybridized carbons (Fsp3) is 0.690. The number of oxime groups is 1. The Morgan fingerprint density at radius 1 is 1.08 bits per heavy atom. The standard InChI is InChI=1S/C42H63N6O12S/c1-11-32-42(8,52)38-24(4)34(45-48(53)54)22(2)18-41(7,56-20-27(19-55-38)46-57-21-28-15-16-31(61-28)29-13-12-14-33(43)44-29)37(25(5)35(49)26(6)39(51)59-32)60-40-36(50)30(47(9)10)17-23(3)58-40/h12-16,22-26,30,32,36-38,40,50,52H,11,17-21H2,1-10H3,(H2,43,44)(H,53,54)/q+1/t22-,23-,24+,25+,26-,30+,32-,36-,37-,38-,40+,41-,42-/m1/s1. The van der Waals surface area contributed by atoms with Gasteiger partial charge >= 0.3 is 11.0 Å². The van der Waals surface area contributed by atoms with E-state index in [2.05, 4.69) is 15.2 Å². The molecule has 3 aliphatic rings. The Balaban J connectivity index is 1.63. The lowest BCUT2D eigenvalue weighted by Gasteiger charge is -2.47. The van der Waals surface area contributed by atoms with Gasteiger partial charge in [-0.05, 0) is 85.3 Å². The fourth-order valence-corrected chi connectivity index (χ4v) is 9.75. The van der Waals surface area contributed by atoms with Gasteiger partial charge in [-0.15, -0.1) is 11.3 Å². The maximum atomic E-state index is 14.5. The Hall–Kier alpha value is -3.95. The summed E-state index contributed by atoms with van der Waals surface area (Å²) in [5, 5.41) is 41.9. The Kier molecular flexibility index (Phi) is 15.8. The van der Waals surface area contributed by atoms with E-state index in [-0.39, 0.29) is 56.2 Å². The normalized spacial score (nSPS) is 37.2. The number of ether oxygens (including phenoxy) is 5. The summed E-state index contributed by atoms with van der Waals surface area (Å²) in [6.07, 6.45) is -5.72. The van der Waals surface area contributed by atoms with E-state index in [0.717, 1.165) is 15.4 Å². The Morgan fingerprint density at radius 3 is 2.46 bits per heavy atom. The number of thiophene rings is 1. The van der Waals surface area contributed by atoms with Crippen molar-refractivity contribution < 1.29 is 58.6 Å². The van der Waals surface area contributed by atoms with Crippen LogP contribution in [0.5, 0.6) is 0 Å². The van der Waals surface area contributed by atoms with E-state index in [0.29, 0.717) is 12.2 Å². The summed E-state index contributed by atoms with van der Waals surface area (Å²) < 4.78 is 32.2. The molecule has 0 unspecified atom stereocenters. The molecule has 0 radical (unpaired) electrons. The molecular weight excluding hydrogens is 813 g/mol. The molecule has 0 saturated carbocycles. The predicted octanol–water partition coefficient (Wildman–Crippen LogP) is 4.36. The van der Waals surface area contributed by atoms with Gasteiger partial charge in [-0.25, -0.2) is 10.2 Å². The third-order valence-corrected chi connectivity index (χ3v) is 13.2. The average molecular weight is 876 g/mol. The van der Waals surface area contributed by atoms with Crippen molar-refractivity contribution in [1.29, 1.82) is 0 Å². The number of nitrogen functional groups attached to an aromatic ring is 1. The van der Waals surface area contributed by atoms with Crippen LogP contribution in [0.2, 0.25) is 0 Å². The summed E-state index contributed by atoms with van der Waals surface area (Å²) in [6.45, 7) is 12.8. The van der Waals surface area contributed by atoms with Gasteiger partial charge in [0.15, 0.2) is 18.7 Å². The number of hydrazone groups is 1. The second-order valence-corrected chi connectivity index (χ2v) is 18.4. The monoisotopic (exact) mass is 875 g/mol. The first kappa shape index (κ1) is 48.1. The highest BCUT2D eigenvalue weighted by Crippen LogP contribution is 2.40. The van der Waals surface area contributed by atoms with Crippen molar-refractivity contribution in [2.24, 2.45) is 33.9 Å². The first-order chi connectivity index (χ1) is 28.7. The first-order valence-corrected chi connectivity index (χ1v) is 21.6. The van der Waals surface area contributed by atoms with Crippen LogP contribution in [-0.2, 0) is 44.7 Å². The Morgan fingerprint density at radius 2 is 1.80 bits per heavy atom. The van der Waals surface area contributed by atoms with Gasteiger partial charge in [-0.3, -0.25) is 9.59 Å². The Bertz CT molecular complexity index is 1930. The zero-order valence-electron chi connectivity index (χ0n) is 36.7. The summed E-state index contributed by atoms with van der Waals surface area (Å²) in [5.74, 6) is -5.02. The molecule has 2 aromatic rings. The molecule has 3 fully saturated rings. The molecule has 0 aliphatic carbocycles. The van der Waals surface area contributed by atoms with Crippen LogP contribution in [0.3, 0.4) is 0 Å². The van der Waals surface area contributed by atoms with E-state index in [1.165, 1.54) is 25.2 Å².